The molecule has 2 aromatic heterocycles. The second-order valence-corrected chi connectivity index (χ2v) is 21.9. The number of fused-ring (bicyclic) bond motifs is 1. The molecule has 0 fully saturated rings. The molecule has 0 bridgehead atoms. The van der Waals surface area contributed by atoms with Gasteiger partial charge in [0, 0.05) is 18.0 Å². The van der Waals surface area contributed by atoms with Crippen molar-refractivity contribution < 1.29 is 27.1 Å². The maximum absolute atomic E-state index is 13.7. The molecule has 51 heavy (non-hydrogen) atoms. The second kappa shape index (κ2) is 15.1. The number of nitrogens with zero attached hydrogens (tertiary/aromatic N) is 3. The molecule has 0 saturated heterocycles. The fourth-order valence-corrected chi connectivity index (χ4v) is 7.82. The maximum Gasteiger partial charge on any atom is 0.410 e. The van der Waals surface area contributed by atoms with Gasteiger partial charge in [0.1, 0.15) is 17.5 Å². The Morgan fingerprint density at radius 2 is 1.75 bits per heavy atom. The molecule has 10 nitrogen and oxygen atoms in total. The molecule has 3 heterocycles. The van der Waals surface area contributed by atoms with E-state index in [0.29, 0.717) is 30.9 Å². The smallest absolute Gasteiger partial charge is 0.410 e. The summed E-state index contributed by atoms with van der Waals surface area (Å²) in [5.74, 6) is 0.757. The predicted molar refractivity (Wildman–Crippen MR) is 203 cm³/mol. The SMILES string of the molecule is CC(C)(C)OC(=O)N(CC(O[Si](C)(C)C(C)(C)C)c1cccnc1)C[C@H]1CCc2cc(-c3ccc(NS(=O)(=O)c4ccccc4)cn3)ccc2O1. The number of sulfonamides is 1. The number of hydrogen-bond donors (Lipinski definition) is 1. The molecule has 1 unspecified atom stereocenters. The Kier molecular flexibility index (Phi) is 11.3. The van der Waals surface area contributed by atoms with E-state index in [-0.39, 0.29) is 16.0 Å². The van der Waals surface area contributed by atoms with Crippen molar-refractivity contribution in [3.8, 4) is 17.0 Å². The number of ether oxygens (including phenoxy) is 2. The molecule has 272 valence electrons. The Labute approximate surface area is 303 Å². The summed E-state index contributed by atoms with van der Waals surface area (Å²) in [5, 5.41) is -0.0310. The molecule has 4 aromatic rings. The van der Waals surface area contributed by atoms with Crippen LogP contribution in [0.25, 0.3) is 11.3 Å². The van der Waals surface area contributed by atoms with E-state index < -0.39 is 36.1 Å². The minimum Gasteiger partial charge on any atom is -0.488 e. The van der Waals surface area contributed by atoms with Crippen LogP contribution in [0.15, 0.2) is 96.3 Å². The van der Waals surface area contributed by atoms with Crippen LogP contribution in [0.2, 0.25) is 18.1 Å². The largest absolute Gasteiger partial charge is 0.488 e. The first-order valence-electron chi connectivity index (χ1n) is 17.3. The Morgan fingerprint density at radius 3 is 2.37 bits per heavy atom. The first kappa shape index (κ1) is 38.0. The first-order valence-corrected chi connectivity index (χ1v) is 21.7. The van der Waals surface area contributed by atoms with Crippen LogP contribution in [0.5, 0.6) is 5.75 Å². The number of carbonyl (C=O) groups excluding carboxylic acids is 1. The highest BCUT2D eigenvalue weighted by Gasteiger charge is 2.41. The van der Waals surface area contributed by atoms with Crippen LogP contribution in [0.3, 0.4) is 0 Å². The highest BCUT2D eigenvalue weighted by Crippen LogP contribution is 2.40. The highest BCUT2D eigenvalue weighted by molar-refractivity contribution is 7.92. The van der Waals surface area contributed by atoms with Gasteiger partial charge in [0.15, 0.2) is 8.32 Å². The molecule has 1 aliphatic rings. The number of nitrogens with one attached hydrogen (secondary N) is 1. The van der Waals surface area contributed by atoms with Crippen LogP contribution in [0.4, 0.5) is 10.5 Å². The third kappa shape index (κ3) is 9.96. The van der Waals surface area contributed by atoms with Crippen molar-refractivity contribution in [3.63, 3.8) is 0 Å². The Bertz CT molecular complexity index is 1890. The number of pyridine rings is 2. The molecule has 12 heteroatoms. The van der Waals surface area contributed by atoms with E-state index in [1.54, 1.807) is 53.6 Å². The molecule has 0 radical (unpaired) electrons. The quantitative estimate of drug-likeness (QED) is 0.152. The van der Waals surface area contributed by atoms with Gasteiger partial charge in [-0.3, -0.25) is 14.7 Å². The molecule has 0 aliphatic carbocycles. The fourth-order valence-electron chi connectivity index (χ4n) is 5.48. The summed E-state index contributed by atoms with van der Waals surface area (Å²) in [7, 11) is -5.95. The van der Waals surface area contributed by atoms with E-state index in [9.17, 15) is 13.2 Å². The molecule has 1 aliphatic heterocycles. The van der Waals surface area contributed by atoms with Crippen LogP contribution in [0, 0.1) is 0 Å². The van der Waals surface area contributed by atoms with Gasteiger partial charge in [-0.05, 0) is 111 Å². The number of rotatable bonds is 11. The number of amides is 1. The lowest BCUT2D eigenvalue weighted by Crippen LogP contribution is -2.48. The van der Waals surface area contributed by atoms with Crippen molar-refractivity contribution in [1.29, 1.82) is 0 Å². The normalized spacial score (nSPS) is 15.6. The molecule has 0 spiro atoms. The van der Waals surface area contributed by atoms with Crippen molar-refractivity contribution in [1.82, 2.24) is 14.9 Å². The van der Waals surface area contributed by atoms with Gasteiger partial charge in [-0.2, -0.15) is 0 Å². The van der Waals surface area contributed by atoms with E-state index in [1.807, 2.05) is 51.2 Å². The van der Waals surface area contributed by atoms with Crippen LogP contribution >= 0.6 is 0 Å². The first-order chi connectivity index (χ1) is 23.9. The summed E-state index contributed by atoms with van der Waals surface area (Å²) in [5.41, 5.74) is 3.26. The lowest BCUT2D eigenvalue weighted by molar-refractivity contribution is 0.00490. The van der Waals surface area contributed by atoms with Crippen molar-refractivity contribution in [2.24, 2.45) is 0 Å². The highest BCUT2D eigenvalue weighted by atomic mass is 32.2. The maximum atomic E-state index is 13.7. The zero-order valence-electron chi connectivity index (χ0n) is 30.8. The summed E-state index contributed by atoms with van der Waals surface area (Å²) < 4.78 is 47.4. The summed E-state index contributed by atoms with van der Waals surface area (Å²) in [6.07, 6.45) is 5.44. The van der Waals surface area contributed by atoms with Gasteiger partial charge in [-0.25, -0.2) is 13.2 Å². The van der Waals surface area contributed by atoms with Gasteiger partial charge in [-0.15, -0.1) is 0 Å². The van der Waals surface area contributed by atoms with Gasteiger partial charge in [-0.1, -0.05) is 45.0 Å². The molecule has 1 amide bonds. The monoisotopic (exact) mass is 730 g/mol. The van der Waals surface area contributed by atoms with Crippen LogP contribution in [-0.4, -0.2) is 62.5 Å². The lowest BCUT2D eigenvalue weighted by atomic mass is 9.98. The minimum absolute atomic E-state index is 0.0310. The number of hydrogen-bond acceptors (Lipinski definition) is 8. The number of anilines is 1. The molecule has 5 rings (SSSR count). The third-order valence-electron chi connectivity index (χ3n) is 9.22. The molecular weight excluding hydrogens is 681 g/mol. The molecular formula is C39H50N4O6SSi. The predicted octanol–water partition coefficient (Wildman–Crippen LogP) is 8.64. The fraction of sp³-hybridized carbons (Fsp3) is 0.410. The standard InChI is InChI=1S/C39H50N4O6SSi/c1-38(2,3)48-37(44)43(27-36(30-13-12-22-40-24-30)49-51(7,8)39(4,5)6)26-32-19-16-29-23-28(17-21-35(29)47-32)34-20-18-31(25-41-34)42-50(45,46)33-14-10-9-11-15-33/h9-15,17-18,20-25,32,36,42H,16,19,26-27H2,1-8H3/t32-,36?/m1/s1. The van der Waals surface area contributed by atoms with Crippen molar-refractivity contribution in [2.75, 3.05) is 17.8 Å². The molecule has 2 atom stereocenters. The number of benzene rings is 2. The number of aromatic nitrogens is 2. The van der Waals surface area contributed by atoms with Gasteiger partial charge in [0.05, 0.1) is 41.7 Å². The minimum atomic E-state index is -3.71. The van der Waals surface area contributed by atoms with Gasteiger partial charge in [0.2, 0.25) is 0 Å². The van der Waals surface area contributed by atoms with E-state index in [1.165, 1.54) is 6.20 Å². The van der Waals surface area contributed by atoms with E-state index in [2.05, 4.69) is 54.6 Å². The van der Waals surface area contributed by atoms with Crippen LogP contribution < -0.4 is 9.46 Å². The van der Waals surface area contributed by atoms with Gasteiger partial charge >= 0.3 is 6.09 Å². The average Bonchev–Trinajstić information content (AvgIpc) is 3.07. The average molecular weight is 731 g/mol. The summed E-state index contributed by atoms with van der Waals surface area (Å²) in [6.45, 7) is 17.2. The zero-order valence-corrected chi connectivity index (χ0v) is 32.7. The topological polar surface area (TPSA) is 120 Å². The third-order valence-corrected chi connectivity index (χ3v) is 15.1. The van der Waals surface area contributed by atoms with E-state index >= 15 is 0 Å². The lowest BCUT2D eigenvalue weighted by Gasteiger charge is -2.41. The summed E-state index contributed by atoms with van der Waals surface area (Å²) in [6, 6.07) is 21.5. The van der Waals surface area contributed by atoms with Gasteiger partial charge < -0.3 is 18.8 Å². The number of carbonyl (C=O) groups is 1. The molecule has 0 saturated carbocycles. The summed E-state index contributed by atoms with van der Waals surface area (Å²) in [4.78, 5) is 24.5. The zero-order chi connectivity index (χ0) is 37.0. The Hall–Kier alpha value is -4.26. The molecule has 1 N–H and O–H groups in total. The van der Waals surface area contributed by atoms with Gasteiger partial charge in [0.25, 0.3) is 10.0 Å². The van der Waals surface area contributed by atoms with E-state index in [4.69, 9.17) is 13.9 Å². The summed E-state index contributed by atoms with van der Waals surface area (Å²) >= 11 is 0. The Balaban J connectivity index is 1.31. The molecule has 2 aromatic carbocycles. The van der Waals surface area contributed by atoms with Crippen molar-refractivity contribution >= 4 is 30.1 Å². The Morgan fingerprint density at radius 1 is 1.00 bits per heavy atom. The van der Waals surface area contributed by atoms with E-state index in [0.717, 1.165) is 28.9 Å². The van der Waals surface area contributed by atoms with Crippen LogP contribution in [0.1, 0.15) is 65.2 Å². The van der Waals surface area contributed by atoms with Crippen molar-refractivity contribution in [2.45, 2.75) is 95.2 Å². The second-order valence-electron chi connectivity index (χ2n) is 15.5. The van der Waals surface area contributed by atoms with Crippen molar-refractivity contribution in [3.05, 3.63) is 103 Å². The number of aryl methyl sites for hydroxylation is 1. The van der Waals surface area contributed by atoms with Crippen LogP contribution in [-0.2, 0) is 25.6 Å².